The van der Waals surface area contributed by atoms with Crippen molar-refractivity contribution in [3.05, 3.63) is 0 Å². The molecular weight excluding hydrogens is 250 g/mol. The van der Waals surface area contributed by atoms with Gasteiger partial charge >= 0.3 is 0 Å². The number of piperidine rings is 2. The molecule has 0 spiro atoms. The third-order valence-corrected chi connectivity index (χ3v) is 5.15. The molecule has 2 aliphatic heterocycles. The largest absolute Gasteiger partial charge is 0.394 e. The molecule has 118 valence electrons. The van der Waals surface area contributed by atoms with Gasteiger partial charge in [0.2, 0.25) is 0 Å². The summed E-state index contributed by atoms with van der Waals surface area (Å²) in [6.45, 7) is 9.26. The second-order valence-corrected chi connectivity index (χ2v) is 7.23. The number of aliphatic hydroxyl groups is 1. The number of nitrogens with zero attached hydrogens (tertiary/aromatic N) is 2. The molecule has 0 aliphatic carbocycles. The average molecular weight is 283 g/mol. The van der Waals surface area contributed by atoms with Crippen LogP contribution >= 0.6 is 0 Å². The van der Waals surface area contributed by atoms with Crippen LogP contribution in [0.5, 0.6) is 0 Å². The molecule has 2 heterocycles. The molecule has 3 N–H and O–H groups in total. The Bertz CT molecular complexity index is 281. The SMILES string of the molecule is CC(CC(C)(N)CO)N1CCC(N2CCCCC2)CC1. The summed E-state index contributed by atoms with van der Waals surface area (Å²) >= 11 is 0. The second-order valence-electron chi connectivity index (χ2n) is 7.23. The predicted molar refractivity (Wildman–Crippen MR) is 83.8 cm³/mol. The van der Waals surface area contributed by atoms with E-state index in [2.05, 4.69) is 16.7 Å². The third-order valence-electron chi connectivity index (χ3n) is 5.15. The Labute approximate surface area is 124 Å². The molecule has 20 heavy (non-hydrogen) atoms. The zero-order valence-corrected chi connectivity index (χ0v) is 13.4. The predicted octanol–water partition coefficient (Wildman–Crippen LogP) is 1.43. The quantitative estimate of drug-likeness (QED) is 0.801. The van der Waals surface area contributed by atoms with Crippen LogP contribution < -0.4 is 5.73 Å². The first kappa shape index (κ1) is 16.2. The Morgan fingerprint density at radius 1 is 1.15 bits per heavy atom. The Morgan fingerprint density at radius 2 is 1.75 bits per heavy atom. The Kier molecular flexibility index (Phi) is 5.84. The van der Waals surface area contributed by atoms with E-state index >= 15 is 0 Å². The molecule has 2 rings (SSSR count). The van der Waals surface area contributed by atoms with E-state index < -0.39 is 5.54 Å². The van der Waals surface area contributed by atoms with Crippen molar-refractivity contribution in [1.82, 2.24) is 9.80 Å². The molecular formula is C16H33N3O. The molecule has 4 nitrogen and oxygen atoms in total. The summed E-state index contributed by atoms with van der Waals surface area (Å²) in [6, 6.07) is 1.28. The molecule has 0 radical (unpaired) electrons. The second kappa shape index (κ2) is 7.21. The molecule has 0 amide bonds. The summed E-state index contributed by atoms with van der Waals surface area (Å²) in [5, 5.41) is 9.30. The standard InChI is InChI=1S/C16H33N3O/c1-14(12-16(2,17)13-20)18-10-6-15(7-11-18)19-8-4-3-5-9-19/h14-15,20H,3-13,17H2,1-2H3. The minimum absolute atomic E-state index is 0.0710. The van der Waals surface area contributed by atoms with E-state index in [9.17, 15) is 5.11 Å². The van der Waals surface area contributed by atoms with Crippen LogP contribution in [0.15, 0.2) is 0 Å². The number of hydrogen-bond donors (Lipinski definition) is 2. The van der Waals surface area contributed by atoms with Gasteiger partial charge in [-0.15, -0.1) is 0 Å². The molecule has 0 aromatic rings. The van der Waals surface area contributed by atoms with Crippen LogP contribution in [0.3, 0.4) is 0 Å². The van der Waals surface area contributed by atoms with E-state index in [1.807, 2.05) is 6.92 Å². The highest BCUT2D eigenvalue weighted by Crippen LogP contribution is 2.23. The highest BCUT2D eigenvalue weighted by Gasteiger charge is 2.30. The number of rotatable bonds is 5. The van der Waals surface area contributed by atoms with Gasteiger partial charge in [-0.05, 0) is 72.1 Å². The van der Waals surface area contributed by atoms with Gasteiger partial charge in [-0.2, -0.15) is 0 Å². The molecule has 2 atom stereocenters. The Balaban J connectivity index is 1.75. The van der Waals surface area contributed by atoms with Gasteiger partial charge < -0.3 is 20.6 Å². The Hall–Kier alpha value is -0.160. The molecule has 0 saturated carbocycles. The highest BCUT2D eigenvalue weighted by atomic mass is 16.3. The lowest BCUT2D eigenvalue weighted by molar-refractivity contribution is 0.0636. The van der Waals surface area contributed by atoms with Crippen LogP contribution in [-0.4, -0.2) is 65.3 Å². The van der Waals surface area contributed by atoms with Crippen molar-refractivity contribution >= 4 is 0 Å². The molecule has 4 heteroatoms. The van der Waals surface area contributed by atoms with Gasteiger partial charge in [0.25, 0.3) is 0 Å². The number of nitrogens with two attached hydrogens (primary N) is 1. The van der Waals surface area contributed by atoms with Crippen LogP contribution in [0.1, 0.15) is 52.4 Å². The van der Waals surface area contributed by atoms with Crippen LogP contribution in [0, 0.1) is 0 Å². The summed E-state index contributed by atoms with van der Waals surface area (Å²) in [6.07, 6.45) is 7.66. The molecule has 2 fully saturated rings. The average Bonchev–Trinajstić information content (AvgIpc) is 2.48. The maximum Gasteiger partial charge on any atom is 0.0609 e. The van der Waals surface area contributed by atoms with Gasteiger partial charge in [0.15, 0.2) is 0 Å². The lowest BCUT2D eigenvalue weighted by Crippen LogP contribution is -2.52. The van der Waals surface area contributed by atoms with Crippen LogP contribution in [0.4, 0.5) is 0 Å². The third kappa shape index (κ3) is 4.42. The monoisotopic (exact) mass is 283 g/mol. The van der Waals surface area contributed by atoms with E-state index in [0.717, 1.165) is 12.5 Å². The first-order valence-corrected chi connectivity index (χ1v) is 8.40. The topological polar surface area (TPSA) is 52.7 Å². The van der Waals surface area contributed by atoms with Gasteiger partial charge in [0.05, 0.1) is 6.61 Å². The Morgan fingerprint density at radius 3 is 2.30 bits per heavy atom. The minimum atomic E-state index is -0.441. The van der Waals surface area contributed by atoms with Gasteiger partial charge in [0, 0.05) is 17.6 Å². The smallest absolute Gasteiger partial charge is 0.0609 e. The van der Waals surface area contributed by atoms with E-state index in [1.54, 1.807) is 0 Å². The highest BCUT2D eigenvalue weighted by molar-refractivity contribution is 4.87. The van der Waals surface area contributed by atoms with Gasteiger partial charge in [-0.1, -0.05) is 6.42 Å². The molecule has 2 saturated heterocycles. The van der Waals surface area contributed by atoms with E-state index in [0.29, 0.717) is 6.04 Å². The van der Waals surface area contributed by atoms with Gasteiger partial charge in [-0.3, -0.25) is 0 Å². The van der Waals surface area contributed by atoms with Crippen molar-refractivity contribution in [1.29, 1.82) is 0 Å². The van der Waals surface area contributed by atoms with Gasteiger partial charge in [0.1, 0.15) is 0 Å². The van der Waals surface area contributed by atoms with Crippen LogP contribution in [0.25, 0.3) is 0 Å². The summed E-state index contributed by atoms with van der Waals surface area (Å²) in [4.78, 5) is 5.27. The fourth-order valence-electron chi connectivity index (χ4n) is 3.84. The first-order chi connectivity index (χ1) is 9.52. The zero-order valence-electron chi connectivity index (χ0n) is 13.4. The summed E-state index contributed by atoms with van der Waals surface area (Å²) < 4.78 is 0. The molecule has 0 aromatic heterocycles. The molecule has 2 aliphatic rings. The minimum Gasteiger partial charge on any atom is -0.394 e. The fourth-order valence-corrected chi connectivity index (χ4v) is 3.84. The zero-order chi connectivity index (χ0) is 14.6. The summed E-state index contributed by atoms with van der Waals surface area (Å²) in [7, 11) is 0. The maximum absolute atomic E-state index is 9.30. The number of aliphatic hydroxyl groups excluding tert-OH is 1. The maximum atomic E-state index is 9.30. The molecule has 0 bridgehead atoms. The van der Waals surface area contributed by atoms with E-state index in [4.69, 9.17) is 5.73 Å². The van der Waals surface area contributed by atoms with Crippen LogP contribution in [0.2, 0.25) is 0 Å². The van der Waals surface area contributed by atoms with Crippen LogP contribution in [-0.2, 0) is 0 Å². The lowest BCUT2D eigenvalue weighted by Gasteiger charge is -2.43. The summed E-state index contributed by atoms with van der Waals surface area (Å²) in [5.41, 5.74) is 5.64. The molecule has 2 unspecified atom stereocenters. The van der Waals surface area contributed by atoms with Crippen molar-refractivity contribution in [3.63, 3.8) is 0 Å². The van der Waals surface area contributed by atoms with Gasteiger partial charge in [-0.25, -0.2) is 0 Å². The first-order valence-electron chi connectivity index (χ1n) is 8.40. The van der Waals surface area contributed by atoms with Crippen molar-refractivity contribution in [2.45, 2.75) is 70.0 Å². The number of likely N-dealkylation sites (tertiary alicyclic amines) is 2. The lowest BCUT2D eigenvalue weighted by atomic mass is 9.93. The number of hydrogen-bond acceptors (Lipinski definition) is 4. The van der Waals surface area contributed by atoms with Crippen molar-refractivity contribution in [2.24, 2.45) is 5.73 Å². The van der Waals surface area contributed by atoms with E-state index in [-0.39, 0.29) is 6.61 Å². The normalized spacial score (nSPS) is 28.2. The summed E-state index contributed by atoms with van der Waals surface area (Å²) in [5.74, 6) is 0. The van der Waals surface area contributed by atoms with Crippen molar-refractivity contribution < 1.29 is 5.11 Å². The van der Waals surface area contributed by atoms with Crippen molar-refractivity contribution in [3.8, 4) is 0 Å². The fraction of sp³-hybridized carbons (Fsp3) is 1.00. The van der Waals surface area contributed by atoms with E-state index in [1.165, 1.54) is 58.3 Å². The van der Waals surface area contributed by atoms with Crippen molar-refractivity contribution in [2.75, 3.05) is 32.8 Å². The molecule has 0 aromatic carbocycles.